The number of imidazole rings is 2. The molecule has 4 aromatic rings. The van der Waals surface area contributed by atoms with E-state index in [4.69, 9.17) is 46.4 Å². The van der Waals surface area contributed by atoms with E-state index in [0.29, 0.717) is 33.0 Å². The molecular weight excluding hydrogens is 505 g/mol. The Kier molecular flexibility index (Phi) is 7.06. The van der Waals surface area contributed by atoms with Crippen LogP contribution in [0.25, 0.3) is 11.4 Å². The maximum absolute atomic E-state index is 15.1. The Hall–Kier alpha value is -2.05. The minimum absolute atomic E-state index is 0.000779. The fraction of sp³-hybridized carbons (Fsp3) is 0.250. The molecule has 0 spiro atoms. The summed E-state index contributed by atoms with van der Waals surface area (Å²) in [5.74, 6) is -0.540. The Bertz CT molecular complexity index is 1310. The number of rotatable bonds is 6. The zero-order valence-corrected chi connectivity index (χ0v) is 21.2. The van der Waals surface area contributed by atoms with Gasteiger partial charge in [0.2, 0.25) is 0 Å². The van der Waals surface area contributed by atoms with Crippen LogP contribution >= 0.6 is 46.4 Å². The zero-order valence-electron chi connectivity index (χ0n) is 18.2. The van der Waals surface area contributed by atoms with Crippen LogP contribution in [-0.2, 0) is 6.42 Å². The lowest BCUT2D eigenvalue weighted by Gasteiger charge is -2.23. The van der Waals surface area contributed by atoms with E-state index in [1.54, 1.807) is 35.7 Å². The molecule has 1 atom stereocenters. The number of aromatic nitrogens is 4. The first-order valence-corrected chi connectivity index (χ1v) is 11.9. The Morgan fingerprint density at radius 1 is 0.909 bits per heavy atom. The number of nitrogens with zero attached hydrogens (tertiary/aromatic N) is 4. The van der Waals surface area contributed by atoms with Gasteiger partial charge < -0.3 is 9.13 Å². The van der Waals surface area contributed by atoms with Crippen molar-refractivity contribution in [2.75, 3.05) is 0 Å². The summed E-state index contributed by atoms with van der Waals surface area (Å²) in [6.07, 6.45) is 7.23. The van der Waals surface area contributed by atoms with Crippen molar-refractivity contribution in [2.45, 2.75) is 39.0 Å². The van der Waals surface area contributed by atoms with E-state index in [1.807, 2.05) is 36.6 Å². The van der Waals surface area contributed by atoms with Crippen molar-refractivity contribution in [1.29, 1.82) is 0 Å². The van der Waals surface area contributed by atoms with Crippen LogP contribution in [0.5, 0.6) is 0 Å². The molecule has 1 unspecified atom stereocenters. The summed E-state index contributed by atoms with van der Waals surface area (Å²) in [5.41, 5.74) is 4.01. The van der Waals surface area contributed by atoms with Crippen LogP contribution in [-0.4, -0.2) is 19.1 Å². The summed E-state index contributed by atoms with van der Waals surface area (Å²) in [6, 6.07) is 7.37. The van der Waals surface area contributed by atoms with Crippen molar-refractivity contribution in [3.8, 4) is 11.4 Å². The SMILES string of the molecule is CC(C)c1c(F)c(Cl)cc(CC(C)c2cc(Cl)ccc2-n2cnc(Cl)c2)c1-n1cnc(Cl)c1. The first-order valence-electron chi connectivity index (χ1n) is 10.4. The summed E-state index contributed by atoms with van der Waals surface area (Å²) in [5, 5.41) is 1.43. The molecule has 0 saturated carbocycles. The molecule has 0 radical (unpaired) electrons. The highest BCUT2D eigenvalue weighted by Crippen LogP contribution is 2.37. The molecular formula is C24H21Cl4FN4. The standard InChI is InChI=1S/C24H21Cl4FN4/c1-13(2)22-23(29)18(26)7-15(24(22)33-10-21(28)31-12-33)6-14(3)17-8-16(25)4-5-19(17)32-9-20(27)30-11-32/h4-5,7-14H,6H2,1-3H3. The lowest BCUT2D eigenvalue weighted by Crippen LogP contribution is -2.11. The summed E-state index contributed by atoms with van der Waals surface area (Å²) in [4.78, 5) is 8.25. The van der Waals surface area contributed by atoms with Gasteiger partial charge in [-0.1, -0.05) is 67.2 Å². The molecule has 4 rings (SSSR count). The van der Waals surface area contributed by atoms with Crippen molar-refractivity contribution in [3.63, 3.8) is 0 Å². The maximum Gasteiger partial charge on any atom is 0.147 e. The van der Waals surface area contributed by atoms with Gasteiger partial charge in [0.1, 0.15) is 28.8 Å². The van der Waals surface area contributed by atoms with E-state index in [2.05, 4.69) is 16.9 Å². The third-order valence-electron chi connectivity index (χ3n) is 5.57. The molecule has 172 valence electrons. The van der Waals surface area contributed by atoms with Crippen LogP contribution in [0.3, 0.4) is 0 Å². The van der Waals surface area contributed by atoms with Crippen molar-refractivity contribution >= 4 is 46.4 Å². The second-order valence-electron chi connectivity index (χ2n) is 8.26. The van der Waals surface area contributed by atoms with Crippen LogP contribution < -0.4 is 0 Å². The number of hydrogen-bond acceptors (Lipinski definition) is 2. The van der Waals surface area contributed by atoms with Crippen LogP contribution in [0.15, 0.2) is 49.3 Å². The van der Waals surface area contributed by atoms with Crippen LogP contribution in [0.2, 0.25) is 20.4 Å². The van der Waals surface area contributed by atoms with Gasteiger partial charge in [0.15, 0.2) is 0 Å². The van der Waals surface area contributed by atoms with Gasteiger partial charge in [-0.05, 0) is 53.6 Å². The quantitative estimate of drug-likeness (QED) is 0.254. The minimum atomic E-state index is -0.431. The second-order valence-corrected chi connectivity index (χ2v) is 9.88. The highest BCUT2D eigenvalue weighted by Gasteiger charge is 2.24. The summed E-state index contributed by atoms with van der Waals surface area (Å²) >= 11 is 24.8. The molecule has 0 aliphatic heterocycles. The monoisotopic (exact) mass is 524 g/mol. The van der Waals surface area contributed by atoms with Crippen LogP contribution in [0, 0.1) is 5.82 Å². The van der Waals surface area contributed by atoms with Crippen molar-refractivity contribution in [2.24, 2.45) is 0 Å². The van der Waals surface area contributed by atoms with Gasteiger partial charge >= 0.3 is 0 Å². The van der Waals surface area contributed by atoms with E-state index in [0.717, 1.165) is 16.8 Å². The molecule has 4 nitrogen and oxygen atoms in total. The molecule has 2 aromatic heterocycles. The van der Waals surface area contributed by atoms with Crippen molar-refractivity contribution < 1.29 is 4.39 Å². The highest BCUT2D eigenvalue weighted by molar-refractivity contribution is 6.31. The highest BCUT2D eigenvalue weighted by atomic mass is 35.5. The average Bonchev–Trinajstić information content (AvgIpc) is 3.38. The first kappa shape index (κ1) is 24.1. The van der Waals surface area contributed by atoms with E-state index < -0.39 is 5.82 Å². The first-order chi connectivity index (χ1) is 15.7. The molecule has 0 bridgehead atoms. The molecule has 0 saturated heterocycles. The lowest BCUT2D eigenvalue weighted by atomic mass is 9.88. The summed E-state index contributed by atoms with van der Waals surface area (Å²) in [7, 11) is 0. The van der Waals surface area contributed by atoms with Gasteiger partial charge in [-0.15, -0.1) is 0 Å². The van der Waals surface area contributed by atoms with Gasteiger partial charge in [0.05, 0.1) is 16.4 Å². The molecule has 0 aliphatic carbocycles. The van der Waals surface area contributed by atoms with Crippen molar-refractivity contribution in [3.05, 3.63) is 92.2 Å². The fourth-order valence-corrected chi connectivity index (χ4v) is 4.84. The number of hydrogen-bond donors (Lipinski definition) is 0. The zero-order chi connectivity index (χ0) is 23.9. The van der Waals surface area contributed by atoms with Gasteiger partial charge in [-0.25, -0.2) is 14.4 Å². The molecule has 2 heterocycles. The molecule has 0 fully saturated rings. The topological polar surface area (TPSA) is 35.6 Å². The van der Waals surface area contributed by atoms with E-state index >= 15 is 4.39 Å². The third kappa shape index (κ3) is 4.92. The second kappa shape index (κ2) is 9.67. The van der Waals surface area contributed by atoms with E-state index in [-0.39, 0.29) is 16.9 Å². The molecule has 9 heteroatoms. The maximum atomic E-state index is 15.1. The molecule has 0 aliphatic rings. The fourth-order valence-electron chi connectivity index (χ4n) is 4.12. The van der Waals surface area contributed by atoms with Crippen LogP contribution in [0.4, 0.5) is 4.39 Å². The van der Waals surface area contributed by atoms with Gasteiger partial charge in [0.25, 0.3) is 0 Å². The van der Waals surface area contributed by atoms with Gasteiger partial charge in [-0.2, -0.15) is 0 Å². The normalized spacial score (nSPS) is 12.5. The molecule has 0 N–H and O–H groups in total. The predicted octanol–water partition coefficient (Wildman–Crippen LogP) is 8.28. The molecule has 0 amide bonds. The Labute approximate surface area is 211 Å². The lowest BCUT2D eigenvalue weighted by molar-refractivity contribution is 0.593. The van der Waals surface area contributed by atoms with Gasteiger partial charge in [0, 0.05) is 23.0 Å². The summed E-state index contributed by atoms with van der Waals surface area (Å²) in [6.45, 7) is 5.95. The third-order valence-corrected chi connectivity index (χ3v) is 6.47. The Balaban J connectivity index is 1.84. The molecule has 33 heavy (non-hydrogen) atoms. The predicted molar refractivity (Wildman–Crippen MR) is 133 cm³/mol. The number of halogens is 5. The largest absolute Gasteiger partial charge is 0.304 e. The van der Waals surface area contributed by atoms with E-state index in [1.165, 1.54) is 0 Å². The van der Waals surface area contributed by atoms with Crippen LogP contribution in [0.1, 0.15) is 49.3 Å². The van der Waals surface area contributed by atoms with Crippen molar-refractivity contribution in [1.82, 2.24) is 19.1 Å². The summed E-state index contributed by atoms with van der Waals surface area (Å²) < 4.78 is 18.8. The molecule has 2 aromatic carbocycles. The van der Waals surface area contributed by atoms with Gasteiger partial charge in [-0.3, -0.25) is 0 Å². The van der Waals surface area contributed by atoms with E-state index in [9.17, 15) is 0 Å². The Morgan fingerprint density at radius 3 is 2.12 bits per heavy atom. The Morgan fingerprint density at radius 2 is 1.55 bits per heavy atom. The minimum Gasteiger partial charge on any atom is -0.304 e. The number of benzene rings is 2. The smallest absolute Gasteiger partial charge is 0.147 e. The average molecular weight is 526 g/mol.